The zero-order valence-electron chi connectivity index (χ0n) is 15.5. The third-order valence-corrected chi connectivity index (χ3v) is 4.19. The fraction of sp³-hybridized carbons (Fsp3) is 0.600. The lowest BCUT2D eigenvalue weighted by atomic mass is 9.98. The van der Waals surface area contributed by atoms with Gasteiger partial charge in [-0.15, -0.1) is 6.58 Å². The molecule has 8 N–H and O–H groups in total. The van der Waals surface area contributed by atoms with E-state index in [0.717, 1.165) is 0 Å². The van der Waals surface area contributed by atoms with Crippen LogP contribution in [0.4, 0.5) is 0 Å². The maximum atomic E-state index is 9.97. The summed E-state index contributed by atoms with van der Waals surface area (Å²) in [6.07, 6.45) is -4.93. The average molecular weight is 435 g/mol. The minimum absolute atomic E-state index is 0.00684. The molecule has 1 aliphatic heterocycles. The predicted molar refractivity (Wildman–Crippen MR) is 113 cm³/mol. The van der Waals surface area contributed by atoms with Gasteiger partial charge in [0, 0.05) is 6.54 Å². The van der Waals surface area contributed by atoms with Crippen LogP contribution in [0.1, 0.15) is 13.8 Å². The summed E-state index contributed by atoms with van der Waals surface area (Å²) in [5.41, 5.74) is 6.24. The van der Waals surface area contributed by atoms with Gasteiger partial charge in [0.2, 0.25) is 0 Å². The van der Waals surface area contributed by atoms with Gasteiger partial charge in [-0.2, -0.15) is 10.2 Å². The number of ether oxygens (including phenoxy) is 1. The lowest BCUT2D eigenvalue weighted by Crippen LogP contribution is -2.63. The van der Waals surface area contributed by atoms with E-state index in [4.69, 9.17) is 29.2 Å². The molecule has 11 nitrogen and oxygen atoms in total. The normalized spacial score (nSPS) is 28.3. The summed E-state index contributed by atoms with van der Waals surface area (Å²) >= 11 is 10.1. The number of nitrogens with zero attached hydrogens (tertiary/aromatic N) is 2. The lowest BCUT2D eigenvalue weighted by Gasteiger charge is -2.40. The van der Waals surface area contributed by atoms with Crippen molar-refractivity contribution in [2.24, 2.45) is 10.2 Å². The molecular formula is C15H26N6O5S2. The summed E-state index contributed by atoms with van der Waals surface area (Å²) in [6.45, 7) is 6.93. The van der Waals surface area contributed by atoms with Crippen molar-refractivity contribution < 1.29 is 25.2 Å². The summed E-state index contributed by atoms with van der Waals surface area (Å²) < 4.78 is 5.29. The summed E-state index contributed by atoms with van der Waals surface area (Å²) in [7, 11) is 0. The van der Waals surface area contributed by atoms with E-state index >= 15 is 0 Å². The number of hydrogen-bond acceptors (Lipinski definition) is 9. The molecule has 1 saturated heterocycles. The summed E-state index contributed by atoms with van der Waals surface area (Å²) in [4.78, 5) is 0. The minimum atomic E-state index is -1.50. The van der Waals surface area contributed by atoms with Gasteiger partial charge in [-0.05, 0) is 38.3 Å². The summed E-state index contributed by atoms with van der Waals surface area (Å²) in [6, 6.07) is 0. The molecule has 1 aliphatic rings. The average Bonchev–Trinajstić information content (AvgIpc) is 2.68. The standard InChI is InChI=1S/C15H26N6O5S2/c1-4-5-16-14(27)20-18-7(2)8(3)19-21-15(28)17-13-12(25)11(24)10(23)9(6-22)26-13/h4,9-13,22-25H,1,5-6H2,2-3H3,(H2,16,20,27)(H2,17,21,28)/b18-7+,19-8+/t9-,10-,11+,12-,13-/m1/s1. The molecule has 0 unspecified atom stereocenters. The first-order valence-electron chi connectivity index (χ1n) is 8.32. The molecule has 1 heterocycles. The molecule has 0 saturated carbocycles. The Labute approximate surface area is 173 Å². The van der Waals surface area contributed by atoms with Crippen molar-refractivity contribution in [3.05, 3.63) is 12.7 Å². The Morgan fingerprint density at radius 3 is 2.14 bits per heavy atom. The van der Waals surface area contributed by atoms with Crippen molar-refractivity contribution in [2.75, 3.05) is 13.2 Å². The second-order valence-electron chi connectivity index (χ2n) is 5.84. The fourth-order valence-corrected chi connectivity index (χ4v) is 2.31. The second-order valence-corrected chi connectivity index (χ2v) is 6.66. The Bertz CT molecular complexity index is 630. The first kappa shape index (κ1) is 24.3. The number of aliphatic hydroxyl groups excluding tert-OH is 4. The molecule has 1 fully saturated rings. The molecule has 13 heteroatoms. The van der Waals surface area contributed by atoms with E-state index in [1.165, 1.54) is 0 Å². The number of hydrazone groups is 2. The summed E-state index contributed by atoms with van der Waals surface area (Å²) in [5, 5.41) is 52.6. The molecular weight excluding hydrogens is 408 g/mol. The van der Waals surface area contributed by atoms with Crippen LogP contribution in [-0.2, 0) is 4.74 Å². The molecule has 0 aromatic heterocycles. The molecule has 0 aromatic carbocycles. The van der Waals surface area contributed by atoms with Crippen LogP contribution in [0.5, 0.6) is 0 Å². The highest BCUT2D eigenvalue weighted by Gasteiger charge is 2.43. The molecule has 0 spiro atoms. The van der Waals surface area contributed by atoms with E-state index in [-0.39, 0.29) is 5.11 Å². The van der Waals surface area contributed by atoms with Crippen LogP contribution >= 0.6 is 24.4 Å². The summed E-state index contributed by atoms with van der Waals surface area (Å²) in [5.74, 6) is 0. The van der Waals surface area contributed by atoms with Gasteiger partial charge < -0.3 is 35.8 Å². The highest BCUT2D eigenvalue weighted by molar-refractivity contribution is 7.80. The van der Waals surface area contributed by atoms with Gasteiger partial charge in [0.1, 0.15) is 24.4 Å². The highest BCUT2D eigenvalue weighted by Crippen LogP contribution is 2.19. The largest absolute Gasteiger partial charge is 0.394 e. The van der Waals surface area contributed by atoms with Gasteiger partial charge in [-0.3, -0.25) is 10.9 Å². The Morgan fingerprint density at radius 2 is 1.61 bits per heavy atom. The third-order valence-electron chi connectivity index (χ3n) is 3.75. The molecule has 0 aromatic rings. The Hall–Kier alpha value is -1.74. The van der Waals surface area contributed by atoms with Crippen molar-refractivity contribution in [1.82, 2.24) is 21.5 Å². The van der Waals surface area contributed by atoms with Crippen molar-refractivity contribution in [1.29, 1.82) is 0 Å². The maximum absolute atomic E-state index is 9.97. The van der Waals surface area contributed by atoms with Gasteiger partial charge in [0.05, 0.1) is 18.0 Å². The first-order chi connectivity index (χ1) is 13.2. The van der Waals surface area contributed by atoms with Gasteiger partial charge in [-0.25, -0.2) is 0 Å². The van der Waals surface area contributed by atoms with Crippen LogP contribution in [0.25, 0.3) is 0 Å². The van der Waals surface area contributed by atoms with Crippen LogP contribution in [0.3, 0.4) is 0 Å². The highest BCUT2D eigenvalue weighted by atomic mass is 32.1. The van der Waals surface area contributed by atoms with Gasteiger partial charge >= 0.3 is 0 Å². The quantitative estimate of drug-likeness (QED) is 0.0937. The van der Waals surface area contributed by atoms with Gasteiger partial charge in [-0.1, -0.05) is 6.08 Å². The Morgan fingerprint density at radius 1 is 1.04 bits per heavy atom. The minimum Gasteiger partial charge on any atom is -0.394 e. The van der Waals surface area contributed by atoms with E-state index in [1.54, 1.807) is 19.9 Å². The molecule has 0 radical (unpaired) electrons. The van der Waals surface area contributed by atoms with Crippen molar-refractivity contribution in [3.63, 3.8) is 0 Å². The third kappa shape index (κ3) is 7.35. The number of nitrogens with one attached hydrogen (secondary N) is 4. The van der Waals surface area contributed by atoms with Crippen LogP contribution in [0.15, 0.2) is 22.9 Å². The van der Waals surface area contributed by atoms with E-state index in [2.05, 4.69) is 38.3 Å². The van der Waals surface area contributed by atoms with Gasteiger partial charge in [0.15, 0.2) is 16.5 Å². The molecule has 1 rings (SSSR count). The molecule has 158 valence electrons. The van der Waals surface area contributed by atoms with Crippen LogP contribution in [-0.4, -0.2) is 85.9 Å². The fourth-order valence-electron chi connectivity index (χ4n) is 2.02. The molecule has 5 atom stereocenters. The molecule has 28 heavy (non-hydrogen) atoms. The molecule has 0 bridgehead atoms. The van der Waals surface area contributed by atoms with Crippen LogP contribution in [0.2, 0.25) is 0 Å². The predicted octanol–water partition coefficient (Wildman–Crippen LogP) is -2.35. The maximum Gasteiger partial charge on any atom is 0.189 e. The number of aliphatic hydroxyl groups is 4. The molecule has 0 aliphatic carbocycles. The van der Waals surface area contributed by atoms with Crippen LogP contribution in [0, 0.1) is 0 Å². The SMILES string of the molecule is C=CCNC(=S)N/N=C(C)/C(C)=N/NC(=S)N[C@@H]1O[C@H](CO)[C@@H](O)[C@H](O)[C@H]1O. The van der Waals surface area contributed by atoms with Crippen molar-refractivity contribution >= 4 is 46.1 Å². The number of thiocarbonyl (C=S) groups is 2. The van der Waals surface area contributed by atoms with Crippen LogP contribution < -0.4 is 21.5 Å². The van der Waals surface area contributed by atoms with Gasteiger partial charge in [0.25, 0.3) is 0 Å². The monoisotopic (exact) mass is 434 g/mol. The Balaban J connectivity index is 2.57. The zero-order chi connectivity index (χ0) is 21.3. The van der Waals surface area contributed by atoms with E-state index in [0.29, 0.717) is 23.1 Å². The van der Waals surface area contributed by atoms with Crippen molar-refractivity contribution in [2.45, 2.75) is 44.5 Å². The zero-order valence-corrected chi connectivity index (χ0v) is 17.1. The topological polar surface area (TPSA) is 163 Å². The number of rotatable bonds is 7. The Kier molecular flexibility index (Phi) is 10.4. The lowest BCUT2D eigenvalue weighted by molar-refractivity contribution is -0.232. The van der Waals surface area contributed by atoms with E-state index < -0.39 is 37.3 Å². The van der Waals surface area contributed by atoms with E-state index in [9.17, 15) is 20.4 Å². The molecule has 0 amide bonds. The second kappa shape index (κ2) is 12.0. The van der Waals surface area contributed by atoms with E-state index in [1.807, 2.05) is 0 Å². The number of hydrogen-bond donors (Lipinski definition) is 8. The van der Waals surface area contributed by atoms with Crippen molar-refractivity contribution in [3.8, 4) is 0 Å². The first-order valence-corrected chi connectivity index (χ1v) is 9.13. The smallest absolute Gasteiger partial charge is 0.189 e.